The van der Waals surface area contributed by atoms with E-state index < -0.39 is 0 Å². The molecule has 0 N–H and O–H groups in total. The number of hydrogen-bond donors (Lipinski definition) is 0. The van der Waals surface area contributed by atoms with Gasteiger partial charge in [-0.3, -0.25) is 0 Å². The van der Waals surface area contributed by atoms with Gasteiger partial charge in [-0.15, -0.1) is 0 Å². The van der Waals surface area contributed by atoms with E-state index >= 15 is 0 Å². The number of para-hydroxylation sites is 1. The molecule has 0 fully saturated rings. The molecule has 42 heavy (non-hydrogen) atoms. The minimum absolute atomic E-state index is 0.0701. The molecular weight excluding hydrogens is 506 g/mol. The first-order valence-corrected chi connectivity index (χ1v) is 14.7. The van der Waals surface area contributed by atoms with Crippen molar-refractivity contribution in [2.75, 3.05) is 4.90 Å². The maximum absolute atomic E-state index is 2.48. The molecule has 7 aromatic carbocycles. The summed E-state index contributed by atoms with van der Waals surface area (Å²) in [6.07, 6.45) is 0. The predicted octanol–water partition coefficient (Wildman–Crippen LogP) is 11.4. The quantitative estimate of drug-likeness (QED) is 0.216. The normalized spacial score (nSPS) is 13.2. The summed E-state index contributed by atoms with van der Waals surface area (Å²) in [4.78, 5) is 2.48. The molecule has 0 saturated heterocycles. The molecule has 0 radical (unpaired) electrons. The van der Waals surface area contributed by atoms with E-state index in [1.807, 2.05) is 0 Å². The molecule has 0 bridgehead atoms. The zero-order valence-corrected chi connectivity index (χ0v) is 23.9. The average Bonchev–Trinajstić information content (AvgIpc) is 3.28. The van der Waals surface area contributed by atoms with Gasteiger partial charge in [0.15, 0.2) is 0 Å². The van der Waals surface area contributed by atoms with Gasteiger partial charge >= 0.3 is 0 Å². The van der Waals surface area contributed by atoms with Crippen LogP contribution in [0.5, 0.6) is 0 Å². The number of hydrogen-bond acceptors (Lipinski definition) is 1. The summed E-state index contributed by atoms with van der Waals surface area (Å²) in [6.45, 7) is 4.70. The van der Waals surface area contributed by atoms with Crippen molar-refractivity contribution in [1.29, 1.82) is 0 Å². The van der Waals surface area contributed by atoms with Crippen LogP contribution < -0.4 is 4.90 Å². The molecule has 0 saturated carbocycles. The van der Waals surface area contributed by atoms with Crippen LogP contribution >= 0.6 is 0 Å². The lowest BCUT2D eigenvalue weighted by atomic mass is 9.82. The number of fused-ring (bicyclic) bond motifs is 5. The summed E-state index contributed by atoms with van der Waals surface area (Å²) in [5.41, 5.74) is 11.3. The largest absolute Gasteiger partial charge is 0.309 e. The Morgan fingerprint density at radius 2 is 1.12 bits per heavy atom. The SMILES string of the molecule is CC1(C)c2ccccc2-c2c(N(c3ccccc3)c3cc(-c4ccc5ccccc5c4)cc4ccccc34)cccc21. The van der Waals surface area contributed by atoms with Gasteiger partial charge in [0.25, 0.3) is 0 Å². The Balaban J connectivity index is 1.43. The predicted molar refractivity (Wildman–Crippen MR) is 179 cm³/mol. The van der Waals surface area contributed by atoms with Crippen LogP contribution in [0.15, 0.2) is 152 Å². The molecule has 0 amide bonds. The highest BCUT2D eigenvalue weighted by atomic mass is 15.1. The van der Waals surface area contributed by atoms with Crippen LogP contribution in [0.1, 0.15) is 25.0 Å². The van der Waals surface area contributed by atoms with Gasteiger partial charge in [0.2, 0.25) is 0 Å². The maximum atomic E-state index is 2.48. The Kier molecular flexibility index (Phi) is 5.55. The second kappa shape index (κ2) is 9.46. The summed E-state index contributed by atoms with van der Waals surface area (Å²) < 4.78 is 0. The van der Waals surface area contributed by atoms with Crippen molar-refractivity contribution < 1.29 is 0 Å². The first kappa shape index (κ1) is 24.6. The molecule has 0 aromatic heterocycles. The summed E-state index contributed by atoms with van der Waals surface area (Å²) in [6, 6.07) is 55.5. The number of nitrogens with zero attached hydrogens (tertiary/aromatic N) is 1. The van der Waals surface area contributed by atoms with Crippen molar-refractivity contribution in [2.24, 2.45) is 0 Å². The zero-order chi connectivity index (χ0) is 28.3. The standard InChI is InChI=1S/C41H31N/c1-41(2)36-20-11-10-19-35(36)40-37(41)21-12-22-38(40)42(33-16-4-3-5-17-33)39-27-32(26-31-15-8-9-18-34(31)39)30-24-23-28-13-6-7-14-29(28)25-30/h3-27H,1-2H3. The van der Waals surface area contributed by atoms with Crippen LogP contribution in [0, 0.1) is 0 Å². The monoisotopic (exact) mass is 537 g/mol. The van der Waals surface area contributed by atoms with Crippen molar-refractivity contribution in [3.05, 3.63) is 163 Å². The first-order chi connectivity index (χ1) is 20.6. The fourth-order valence-corrected chi connectivity index (χ4v) is 6.92. The summed E-state index contributed by atoms with van der Waals surface area (Å²) >= 11 is 0. The van der Waals surface area contributed by atoms with E-state index in [4.69, 9.17) is 0 Å². The van der Waals surface area contributed by atoms with Crippen molar-refractivity contribution in [1.82, 2.24) is 0 Å². The lowest BCUT2D eigenvalue weighted by Crippen LogP contribution is -2.16. The molecule has 8 rings (SSSR count). The van der Waals surface area contributed by atoms with Crippen molar-refractivity contribution in [3.8, 4) is 22.3 Å². The number of benzene rings is 7. The molecule has 1 nitrogen and oxygen atoms in total. The maximum Gasteiger partial charge on any atom is 0.0546 e. The molecule has 1 aliphatic rings. The van der Waals surface area contributed by atoms with Gasteiger partial charge in [0, 0.05) is 22.1 Å². The van der Waals surface area contributed by atoms with E-state index in [1.54, 1.807) is 0 Å². The zero-order valence-electron chi connectivity index (χ0n) is 23.9. The highest BCUT2D eigenvalue weighted by Gasteiger charge is 2.37. The van der Waals surface area contributed by atoms with Gasteiger partial charge in [0.05, 0.1) is 11.4 Å². The van der Waals surface area contributed by atoms with Crippen LogP contribution in [-0.2, 0) is 5.41 Å². The fraction of sp³-hybridized carbons (Fsp3) is 0.0732. The molecule has 7 aromatic rings. The van der Waals surface area contributed by atoms with Crippen molar-refractivity contribution in [2.45, 2.75) is 19.3 Å². The minimum Gasteiger partial charge on any atom is -0.309 e. The lowest BCUT2D eigenvalue weighted by molar-refractivity contribution is 0.660. The minimum atomic E-state index is -0.0701. The summed E-state index contributed by atoms with van der Waals surface area (Å²) in [5.74, 6) is 0. The van der Waals surface area contributed by atoms with E-state index in [9.17, 15) is 0 Å². The van der Waals surface area contributed by atoms with Crippen molar-refractivity contribution >= 4 is 38.6 Å². The van der Waals surface area contributed by atoms with Crippen LogP contribution in [0.4, 0.5) is 17.1 Å². The molecule has 1 aliphatic carbocycles. The fourth-order valence-electron chi connectivity index (χ4n) is 6.92. The second-order valence-electron chi connectivity index (χ2n) is 11.8. The highest BCUT2D eigenvalue weighted by Crippen LogP contribution is 2.54. The van der Waals surface area contributed by atoms with Crippen LogP contribution in [0.25, 0.3) is 43.8 Å². The van der Waals surface area contributed by atoms with Crippen LogP contribution in [0.3, 0.4) is 0 Å². The van der Waals surface area contributed by atoms with E-state index in [2.05, 4.69) is 170 Å². The van der Waals surface area contributed by atoms with Crippen LogP contribution in [0.2, 0.25) is 0 Å². The smallest absolute Gasteiger partial charge is 0.0546 e. The van der Waals surface area contributed by atoms with Crippen LogP contribution in [-0.4, -0.2) is 0 Å². The molecule has 0 atom stereocenters. The Labute approximate surface area is 247 Å². The average molecular weight is 538 g/mol. The van der Waals surface area contributed by atoms with E-state index in [-0.39, 0.29) is 5.41 Å². The Bertz CT molecular complexity index is 2120. The third kappa shape index (κ3) is 3.78. The lowest BCUT2D eigenvalue weighted by Gasteiger charge is -2.30. The third-order valence-corrected chi connectivity index (χ3v) is 9.00. The van der Waals surface area contributed by atoms with Gasteiger partial charge in [0.1, 0.15) is 0 Å². The number of rotatable bonds is 4. The molecule has 0 aliphatic heterocycles. The van der Waals surface area contributed by atoms with Crippen molar-refractivity contribution in [3.63, 3.8) is 0 Å². The molecule has 200 valence electrons. The Morgan fingerprint density at radius 1 is 0.452 bits per heavy atom. The van der Waals surface area contributed by atoms with Gasteiger partial charge in [-0.05, 0) is 80.4 Å². The first-order valence-electron chi connectivity index (χ1n) is 14.7. The van der Waals surface area contributed by atoms with E-state index in [0.29, 0.717) is 0 Å². The van der Waals surface area contributed by atoms with Gasteiger partial charge in [-0.2, -0.15) is 0 Å². The second-order valence-corrected chi connectivity index (χ2v) is 11.8. The molecule has 1 heteroatoms. The topological polar surface area (TPSA) is 3.24 Å². The third-order valence-electron chi connectivity index (χ3n) is 9.00. The van der Waals surface area contributed by atoms with E-state index in [1.165, 1.54) is 66.3 Å². The number of anilines is 3. The molecule has 0 unspecified atom stereocenters. The Morgan fingerprint density at radius 3 is 1.98 bits per heavy atom. The Hall–Kier alpha value is -5.14. The molecule has 0 heterocycles. The van der Waals surface area contributed by atoms with E-state index in [0.717, 1.165) is 5.69 Å². The van der Waals surface area contributed by atoms with Gasteiger partial charge < -0.3 is 4.90 Å². The summed E-state index contributed by atoms with van der Waals surface area (Å²) in [5, 5.41) is 4.97. The molecule has 0 spiro atoms. The molecular formula is C41H31N. The van der Waals surface area contributed by atoms with Gasteiger partial charge in [-0.1, -0.05) is 129 Å². The highest BCUT2D eigenvalue weighted by molar-refractivity contribution is 6.05. The summed E-state index contributed by atoms with van der Waals surface area (Å²) in [7, 11) is 0. The van der Waals surface area contributed by atoms with Gasteiger partial charge in [-0.25, -0.2) is 0 Å².